The van der Waals surface area contributed by atoms with E-state index < -0.39 is 0 Å². The van der Waals surface area contributed by atoms with Gasteiger partial charge in [-0.1, -0.05) is 13.8 Å². The molecule has 2 rings (SSSR count). The van der Waals surface area contributed by atoms with Gasteiger partial charge in [-0.05, 0) is 19.3 Å². The van der Waals surface area contributed by atoms with Crippen molar-refractivity contribution in [3.63, 3.8) is 0 Å². The van der Waals surface area contributed by atoms with Crippen molar-refractivity contribution in [2.24, 2.45) is 0 Å². The maximum atomic E-state index is 12.4. The van der Waals surface area contributed by atoms with Gasteiger partial charge in [0.05, 0.1) is 6.54 Å². The highest BCUT2D eigenvalue weighted by Crippen LogP contribution is 2.15. The number of carbonyl (C=O) groups is 2. The van der Waals surface area contributed by atoms with Gasteiger partial charge in [-0.15, -0.1) is 0 Å². The highest BCUT2D eigenvalue weighted by atomic mass is 16.2. The number of rotatable bonds is 4. The Morgan fingerprint density at radius 3 is 2.74 bits per heavy atom. The summed E-state index contributed by atoms with van der Waals surface area (Å²) in [6.45, 7) is 6.90. The smallest absolute Gasteiger partial charge is 0.242 e. The summed E-state index contributed by atoms with van der Waals surface area (Å²) in [5.41, 5.74) is 0. The number of hydrogen-bond acceptors (Lipinski definition) is 3. The molecule has 2 saturated heterocycles. The summed E-state index contributed by atoms with van der Waals surface area (Å²) in [5, 5.41) is 3.48. The van der Waals surface area contributed by atoms with Crippen molar-refractivity contribution in [3.8, 4) is 0 Å². The third kappa shape index (κ3) is 3.26. The normalized spacial score (nSPS) is 28.0. The lowest BCUT2D eigenvalue weighted by atomic mass is 10.1. The fourth-order valence-electron chi connectivity index (χ4n) is 2.93. The van der Waals surface area contributed by atoms with Gasteiger partial charge in [-0.3, -0.25) is 9.59 Å². The van der Waals surface area contributed by atoms with Gasteiger partial charge in [-0.25, -0.2) is 0 Å². The molecule has 2 heterocycles. The van der Waals surface area contributed by atoms with E-state index >= 15 is 0 Å². The first-order valence-electron chi connectivity index (χ1n) is 7.46. The molecule has 19 heavy (non-hydrogen) atoms. The minimum Gasteiger partial charge on any atom is -0.335 e. The molecule has 0 saturated carbocycles. The Morgan fingerprint density at radius 1 is 1.37 bits per heavy atom. The average Bonchev–Trinajstić information content (AvgIpc) is 2.83. The Balaban J connectivity index is 1.96. The van der Waals surface area contributed by atoms with E-state index in [4.69, 9.17) is 0 Å². The van der Waals surface area contributed by atoms with Crippen molar-refractivity contribution < 1.29 is 9.59 Å². The topological polar surface area (TPSA) is 52.7 Å². The van der Waals surface area contributed by atoms with Gasteiger partial charge in [0.2, 0.25) is 11.8 Å². The Labute approximate surface area is 115 Å². The van der Waals surface area contributed by atoms with Crippen LogP contribution in [0.3, 0.4) is 0 Å². The molecule has 0 spiro atoms. The van der Waals surface area contributed by atoms with E-state index in [-0.39, 0.29) is 24.4 Å². The fourth-order valence-corrected chi connectivity index (χ4v) is 2.93. The summed E-state index contributed by atoms with van der Waals surface area (Å²) in [4.78, 5) is 27.7. The lowest BCUT2D eigenvalue weighted by Gasteiger charge is -2.40. The third-order valence-electron chi connectivity index (χ3n) is 4.28. The Bertz CT molecular complexity index is 346. The molecule has 2 amide bonds. The predicted octanol–water partition coefficient (Wildman–Crippen LogP) is 0.598. The second-order valence-corrected chi connectivity index (χ2v) is 5.54. The van der Waals surface area contributed by atoms with E-state index in [0.29, 0.717) is 12.5 Å². The predicted molar refractivity (Wildman–Crippen MR) is 73.7 cm³/mol. The van der Waals surface area contributed by atoms with Crippen LogP contribution in [0.5, 0.6) is 0 Å². The number of piperazine rings is 1. The van der Waals surface area contributed by atoms with Crippen LogP contribution in [0.2, 0.25) is 0 Å². The highest BCUT2D eigenvalue weighted by molar-refractivity contribution is 5.86. The molecule has 0 bridgehead atoms. The van der Waals surface area contributed by atoms with Gasteiger partial charge >= 0.3 is 0 Å². The van der Waals surface area contributed by atoms with E-state index in [1.807, 2.05) is 4.90 Å². The third-order valence-corrected chi connectivity index (χ3v) is 4.28. The van der Waals surface area contributed by atoms with Crippen LogP contribution in [0.15, 0.2) is 0 Å². The van der Waals surface area contributed by atoms with Crippen LogP contribution in [0.4, 0.5) is 0 Å². The zero-order chi connectivity index (χ0) is 13.8. The minimum absolute atomic E-state index is 0.113. The Hall–Kier alpha value is -1.10. The van der Waals surface area contributed by atoms with Crippen LogP contribution in [0, 0.1) is 0 Å². The van der Waals surface area contributed by atoms with Crippen LogP contribution in [0.25, 0.3) is 0 Å². The molecule has 1 N–H and O–H groups in total. The summed E-state index contributed by atoms with van der Waals surface area (Å²) in [6.07, 6.45) is 3.48. The first-order valence-corrected chi connectivity index (χ1v) is 7.46. The van der Waals surface area contributed by atoms with Gasteiger partial charge in [0.15, 0.2) is 0 Å². The van der Waals surface area contributed by atoms with Gasteiger partial charge in [-0.2, -0.15) is 0 Å². The van der Waals surface area contributed by atoms with Crippen molar-refractivity contribution in [1.82, 2.24) is 15.1 Å². The molecule has 0 aromatic heterocycles. The number of likely N-dealkylation sites (tertiary alicyclic amines) is 1. The average molecular weight is 267 g/mol. The maximum absolute atomic E-state index is 12.4. The quantitative estimate of drug-likeness (QED) is 0.811. The summed E-state index contributed by atoms with van der Waals surface area (Å²) in [6, 6.07) is 0.661. The van der Waals surface area contributed by atoms with Gasteiger partial charge < -0.3 is 15.1 Å². The van der Waals surface area contributed by atoms with Gasteiger partial charge in [0.1, 0.15) is 0 Å². The van der Waals surface area contributed by atoms with Crippen LogP contribution < -0.4 is 5.32 Å². The standard InChI is InChI=1S/C14H25N3O2/c1-3-11-9-17(12(4-2)8-15-11)14(19)10-16-7-5-6-13(16)18/h11-12,15H,3-10H2,1-2H3. The summed E-state index contributed by atoms with van der Waals surface area (Å²) < 4.78 is 0. The molecule has 2 fully saturated rings. The first-order chi connectivity index (χ1) is 9.15. The SMILES string of the molecule is CCC1CN(C(=O)CN2CCCC2=O)C(CC)CN1. The second-order valence-electron chi connectivity index (χ2n) is 5.54. The molecule has 2 unspecified atom stereocenters. The fraction of sp³-hybridized carbons (Fsp3) is 0.857. The molecule has 0 aromatic carbocycles. The van der Waals surface area contributed by atoms with Crippen molar-refractivity contribution >= 4 is 11.8 Å². The molecule has 0 radical (unpaired) electrons. The van der Waals surface area contributed by atoms with Crippen LogP contribution in [-0.4, -0.2) is 59.9 Å². The molecule has 2 aliphatic rings. The second kappa shape index (κ2) is 6.37. The molecular formula is C14H25N3O2. The Morgan fingerprint density at radius 2 is 2.16 bits per heavy atom. The zero-order valence-electron chi connectivity index (χ0n) is 12.0. The minimum atomic E-state index is 0.113. The van der Waals surface area contributed by atoms with E-state index in [1.54, 1.807) is 4.90 Å². The molecule has 2 atom stereocenters. The molecule has 5 nitrogen and oxygen atoms in total. The molecule has 0 aliphatic carbocycles. The van der Waals surface area contributed by atoms with Crippen LogP contribution in [-0.2, 0) is 9.59 Å². The molecule has 2 aliphatic heterocycles. The first kappa shape index (κ1) is 14.3. The van der Waals surface area contributed by atoms with E-state index in [2.05, 4.69) is 19.2 Å². The zero-order valence-corrected chi connectivity index (χ0v) is 12.0. The highest BCUT2D eigenvalue weighted by Gasteiger charge is 2.31. The number of amides is 2. The molecule has 108 valence electrons. The number of nitrogens with zero attached hydrogens (tertiary/aromatic N) is 2. The van der Waals surface area contributed by atoms with Crippen molar-refractivity contribution in [1.29, 1.82) is 0 Å². The number of carbonyl (C=O) groups excluding carboxylic acids is 2. The van der Waals surface area contributed by atoms with Gasteiger partial charge in [0.25, 0.3) is 0 Å². The number of hydrogen-bond donors (Lipinski definition) is 1. The van der Waals surface area contributed by atoms with E-state index in [1.165, 1.54) is 0 Å². The van der Waals surface area contributed by atoms with Crippen molar-refractivity contribution in [2.45, 2.75) is 51.6 Å². The summed E-state index contributed by atoms with van der Waals surface area (Å²) in [5.74, 6) is 0.241. The van der Waals surface area contributed by atoms with Crippen LogP contribution in [0.1, 0.15) is 39.5 Å². The lowest BCUT2D eigenvalue weighted by Crippen LogP contribution is -2.59. The van der Waals surface area contributed by atoms with Gasteiger partial charge in [0, 0.05) is 38.1 Å². The molecule has 0 aromatic rings. The maximum Gasteiger partial charge on any atom is 0.242 e. The summed E-state index contributed by atoms with van der Waals surface area (Å²) in [7, 11) is 0. The number of nitrogens with one attached hydrogen (secondary N) is 1. The van der Waals surface area contributed by atoms with E-state index in [9.17, 15) is 9.59 Å². The molecule has 5 heteroatoms. The summed E-state index contributed by atoms with van der Waals surface area (Å²) >= 11 is 0. The monoisotopic (exact) mass is 267 g/mol. The van der Waals surface area contributed by atoms with Crippen LogP contribution >= 0.6 is 0 Å². The molecular weight excluding hydrogens is 242 g/mol. The lowest BCUT2D eigenvalue weighted by molar-refractivity contribution is -0.141. The van der Waals surface area contributed by atoms with Crippen molar-refractivity contribution in [3.05, 3.63) is 0 Å². The van der Waals surface area contributed by atoms with E-state index in [0.717, 1.165) is 38.9 Å². The largest absolute Gasteiger partial charge is 0.335 e. The van der Waals surface area contributed by atoms with Crippen molar-refractivity contribution in [2.75, 3.05) is 26.2 Å². The Kier molecular flexibility index (Phi) is 4.80.